The van der Waals surface area contributed by atoms with Gasteiger partial charge in [-0.05, 0) is 24.3 Å². The summed E-state index contributed by atoms with van der Waals surface area (Å²) >= 11 is 0. The number of hydrogen-bond acceptors (Lipinski definition) is 1. The molecule has 0 saturated heterocycles. The number of rotatable bonds is 3. The first-order valence-electron chi connectivity index (χ1n) is 5.44. The molecule has 0 heterocycles. The van der Waals surface area contributed by atoms with E-state index in [1.807, 2.05) is 6.07 Å². The van der Waals surface area contributed by atoms with Crippen LogP contribution >= 0.6 is 0 Å². The van der Waals surface area contributed by atoms with E-state index in [2.05, 4.69) is 36.2 Å². The minimum Gasteiger partial charge on any atom is -0.289 e. The molecular formula is C13H17N. The minimum absolute atomic E-state index is 0.868. The fourth-order valence-electron chi connectivity index (χ4n) is 1.81. The Hall–Kier alpha value is -1.11. The van der Waals surface area contributed by atoms with Crippen LogP contribution in [0.5, 0.6) is 0 Å². The van der Waals surface area contributed by atoms with Crippen molar-refractivity contribution in [3.63, 3.8) is 0 Å². The van der Waals surface area contributed by atoms with E-state index in [9.17, 15) is 0 Å². The monoisotopic (exact) mass is 187 g/mol. The van der Waals surface area contributed by atoms with Crippen LogP contribution in [0.3, 0.4) is 0 Å². The number of hydrogen-bond donors (Lipinski definition) is 0. The summed E-state index contributed by atoms with van der Waals surface area (Å²) in [6, 6.07) is 10.5. The van der Waals surface area contributed by atoms with Crippen molar-refractivity contribution in [3.05, 3.63) is 35.9 Å². The molecular weight excluding hydrogens is 170 g/mol. The van der Waals surface area contributed by atoms with Gasteiger partial charge in [-0.25, -0.2) is 0 Å². The Morgan fingerprint density at radius 2 is 1.93 bits per heavy atom. The molecule has 0 aliphatic heterocycles. The molecule has 1 aliphatic rings. The van der Waals surface area contributed by atoms with E-state index in [1.54, 1.807) is 0 Å². The summed E-state index contributed by atoms with van der Waals surface area (Å²) in [4.78, 5) is 4.61. The summed E-state index contributed by atoms with van der Waals surface area (Å²) in [5, 5.41) is 0. The van der Waals surface area contributed by atoms with Gasteiger partial charge >= 0.3 is 0 Å². The molecule has 0 spiro atoms. The molecule has 1 heteroatoms. The van der Waals surface area contributed by atoms with Crippen LogP contribution in [0.1, 0.15) is 31.7 Å². The fourth-order valence-corrected chi connectivity index (χ4v) is 1.81. The van der Waals surface area contributed by atoms with Gasteiger partial charge in [0.2, 0.25) is 0 Å². The zero-order valence-electron chi connectivity index (χ0n) is 8.74. The molecule has 0 unspecified atom stereocenters. The lowest BCUT2D eigenvalue weighted by Crippen LogP contribution is -2.22. The van der Waals surface area contributed by atoms with Gasteiger partial charge in [-0.2, -0.15) is 0 Å². The third-order valence-corrected chi connectivity index (χ3v) is 2.95. The molecule has 0 atom stereocenters. The average Bonchev–Trinajstić information content (AvgIpc) is 2.17. The molecule has 0 aromatic heterocycles. The van der Waals surface area contributed by atoms with Gasteiger partial charge in [0.15, 0.2) is 0 Å². The van der Waals surface area contributed by atoms with Crippen LogP contribution in [0.25, 0.3) is 0 Å². The molecule has 2 rings (SSSR count). The second-order valence-electron chi connectivity index (χ2n) is 4.05. The van der Waals surface area contributed by atoms with E-state index >= 15 is 0 Å². The average molecular weight is 187 g/mol. The third-order valence-electron chi connectivity index (χ3n) is 2.95. The molecule has 1 aliphatic carbocycles. The Balaban J connectivity index is 1.84. The van der Waals surface area contributed by atoms with E-state index < -0.39 is 0 Å². The van der Waals surface area contributed by atoms with Crippen LogP contribution < -0.4 is 0 Å². The lowest BCUT2D eigenvalue weighted by molar-refractivity contribution is 0.482. The Labute approximate surface area is 85.9 Å². The van der Waals surface area contributed by atoms with Gasteiger partial charge in [-0.1, -0.05) is 43.7 Å². The minimum atomic E-state index is 0.868. The number of nitrogens with zero attached hydrogens (tertiary/aromatic N) is 1. The normalized spacial score (nSPS) is 20.4. The standard InChI is InChI=1S/C13H17N/c1-2-11-8-13(9-11)14-10-12-6-4-3-5-7-12/h3-7,11H,2,8-10H2,1H3. The van der Waals surface area contributed by atoms with Gasteiger partial charge in [0.05, 0.1) is 6.54 Å². The molecule has 0 radical (unpaired) electrons. The van der Waals surface area contributed by atoms with E-state index in [-0.39, 0.29) is 0 Å². The Kier molecular flexibility index (Phi) is 2.97. The van der Waals surface area contributed by atoms with Crippen LogP contribution in [-0.2, 0) is 6.54 Å². The van der Waals surface area contributed by atoms with Crippen LogP contribution in [0.2, 0.25) is 0 Å². The highest BCUT2D eigenvalue weighted by atomic mass is 14.7. The maximum atomic E-state index is 4.61. The summed E-state index contributed by atoms with van der Waals surface area (Å²) in [5.74, 6) is 0.921. The van der Waals surface area contributed by atoms with Crippen molar-refractivity contribution in [2.45, 2.75) is 32.7 Å². The third kappa shape index (κ3) is 2.22. The van der Waals surface area contributed by atoms with Crippen molar-refractivity contribution in [3.8, 4) is 0 Å². The van der Waals surface area contributed by atoms with Crippen LogP contribution in [0, 0.1) is 5.92 Å². The highest BCUT2D eigenvalue weighted by Gasteiger charge is 2.21. The van der Waals surface area contributed by atoms with Crippen molar-refractivity contribution >= 4 is 5.71 Å². The first-order valence-corrected chi connectivity index (χ1v) is 5.44. The molecule has 1 aromatic rings. The zero-order valence-corrected chi connectivity index (χ0v) is 8.74. The molecule has 74 valence electrons. The maximum Gasteiger partial charge on any atom is 0.0639 e. The predicted octanol–water partition coefficient (Wildman–Crippen LogP) is 3.45. The topological polar surface area (TPSA) is 12.4 Å². The van der Waals surface area contributed by atoms with Crippen molar-refractivity contribution < 1.29 is 0 Å². The molecule has 1 aromatic carbocycles. The summed E-state index contributed by atoms with van der Waals surface area (Å²) in [6.07, 6.45) is 3.79. The summed E-state index contributed by atoms with van der Waals surface area (Å²) < 4.78 is 0. The predicted molar refractivity (Wildman–Crippen MR) is 60.6 cm³/mol. The largest absolute Gasteiger partial charge is 0.289 e. The van der Waals surface area contributed by atoms with Gasteiger partial charge in [0.1, 0.15) is 0 Å². The molecule has 0 bridgehead atoms. The van der Waals surface area contributed by atoms with Gasteiger partial charge in [0.25, 0.3) is 0 Å². The molecule has 1 fully saturated rings. The molecule has 0 amide bonds. The quantitative estimate of drug-likeness (QED) is 0.687. The van der Waals surface area contributed by atoms with Crippen molar-refractivity contribution in [2.24, 2.45) is 10.9 Å². The molecule has 14 heavy (non-hydrogen) atoms. The van der Waals surface area contributed by atoms with Crippen molar-refractivity contribution in [1.29, 1.82) is 0 Å². The Morgan fingerprint density at radius 3 is 2.57 bits per heavy atom. The molecule has 1 saturated carbocycles. The SMILES string of the molecule is CCC1CC(=NCc2ccccc2)C1. The van der Waals surface area contributed by atoms with Crippen LogP contribution in [-0.4, -0.2) is 5.71 Å². The van der Waals surface area contributed by atoms with Gasteiger partial charge in [0, 0.05) is 5.71 Å². The second-order valence-corrected chi connectivity index (χ2v) is 4.05. The highest BCUT2D eigenvalue weighted by Crippen LogP contribution is 2.27. The smallest absolute Gasteiger partial charge is 0.0639 e. The van der Waals surface area contributed by atoms with Crippen LogP contribution in [0.15, 0.2) is 35.3 Å². The van der Waals surface area contributed by atoms with Crippen molar-refractivity contribution in [2.75, 3.05) is 0 Å². The fraction of sp³-hybridized carbons (Fsp3) is 0.462. The summed E-state index contributed by atoms with van der Waals surface area (Å²) in [5.41, 5.74) is 2.74. The van der Waals surface area contributed by atoms with Crippen LogP contribution in [0.4, 0.5) is 0 Å². The van der Waals surface area contributed by atoms with Gasteiger partial charge in [-0.15, -0.1) is 0 Å². The molecule has 1 nitrogen and oxygen atoms in total. The summed E-state index contributed by atoms with van der Waals surface area (Å²) in [7, 11) is 0. The van der Waals surface area contributed by atoms with Gasteiger partial charge in [-0.3, -0.25) is 4.99 Å². The maximum absolute atomic E-state index is 4.61. The zero-order chi connectivity index (χ0) is 9.80. The first-order chi connectivity index (χ1) is 6.88. The molecule has 0 N–H and O–H groups in total. The van der Waals surface area contributed by atoms with E-state index in [0.29, 0.717) is 0 Å². The lowest BCUT2D eigenvalue weighted by Gasteiger charge is -2.26. The van der Waals surface area contributed by atoms with Crippen molar-refractivity contribution in [1.82, 2.24) is 0 Å². The lowest BCUT2D eigenvalue weighted by atomic mass is 9.81. The Morgan fingerprint density at radius 1 is 1.21 bits per heavy atom. The number of benzene rings is 1. The van der Waals surface area contributed by atoms with E-state index in [4.69, 9.17) is 0 Å². The number of aliphatic imine (C=N–C) groups is 1. The second kappa shape index (κ2) is 4.41. The van der Waals surface area contributed by atoms with E-state index in [0.717, 1.165) is 12.5 Å². The van der Waals surface area contributed by atoms with Gasteiger partial charge < -0.3 is 0 Å². The van der Waals surface area contributed by atoms with E-state index in [1.165, 1.54) is 30.5 Å². The first kappa shape index (κ1) is 9.45. The Bertz CT molecular complexity index is 305. The summed E-state index contributed by atoms with van der Waals surface area (Å²) in [6.45, 7) is 3.13. The highest BCUT2D eigenvalue weighted by molar-refractivity contribution is 5.90.